The number of nitrogens with zero attached hydrogens (tertiary/aromatic N) is 2. The molecule has 0 bridgehead atoms. The molecule has 3 rings (SSSR count). The molecular weight excluding hydrogens is 395 g/mol. The van der Waals surface area contributed by atoms with E-state index < -0.39 is 11.8 Å². The average Bonchev–Trinajstić information content (AvgIpc) is 2.73. The van der Waals surface area contributed by atoms with E-state index in [0.717, 1.165) is 39.1 Å². The summed E-state index contributed by atoms with van der Waals surface area (Å²) in [6.07, 6.45) is 0.736. The molecular formula is C21H24ClFN4O2. The third-order valence-corrected chi connectivity index (χ3v) is 5.06. The number of amides is 2. The zero-order valence-corrected chi connectivity index (χ0v) is 16.8. The SMILES string of the molecule is O=C(NCCCN1CCN(c2ccccc2F)CC1)C(=O)Nc1ccc(Cl)cc1. The molecule has 2 N–H and O–H groups in total. The predicted octanol–water partition coefficient (Wildman–Crippen LogP) is 2.75. The van der Waals surface area contributed by atoms with Crippen LogP contribution in [0.15, 0.2) is 48.5 Å². The lowest BCUT2D eigenvalue weighted by atomic mass is 10.2. The molecule has 0 spiro atoms. The summed E-state index contributed by atoms with van der Waals surface area (Å²) >= 11 is 5.79. The highest BCUT2D eigenvalue weighted by Crippen LogP contribution is 2.20. The van der Waals surface area contributed by atoms with Crippen molar-refractivity contribution in [2.75, 3.05) is 49.5 Å². The number of piperazine rings is 1. The lowest BCUT2D eigenvalue weighted by Crippen LogP contribution is -2.47. The first-order chi connectivity index (χ1) is 14.0. The lowest BCUT2D eigenvalue weighted by Gasteiger charge is -2.36. The smallest absolute Gasteiger partial charge is 0.313 e. The van der Waals surface area contributed by atoms with Gasteiger partial charge in [-0.3, -0.25) is 14.5 Å². The fraction of sp³-hybridized carbons (Fsp3) is 0.333. The van der Waals surface area contributed by atoms with Crippen LogP contribution < -0.4 is 15.5 Å². The number of rotatable bonds is 6. The van der Waals surface area contributed by atoms with E-state index in [1.165, 1.54) is 6.07 Å². The van der Waals surface area contributed by atoms with Gasteiger partial charge in [-0.15, -0.1) is 0 Å². The van der Waals surface area contributed by atoms with Gasteiger partial charge in [0, 0.05) is 43.4 Å². The largest absolute Gasteiger partial charge is 0.367 e. The molecule has 6 nitrogen and oxygen atoms in total. The zero-order valence-electron chi connectivity index (χ0n) is 16.0. The first kappa shape index (κ1) is 21.1. The minimum atomic E-state index is -0.703. The first-order valence-electron chi connectivity index (χ1n) is 9.59. The number of nitrogens with one attached hydrogen (secondary N) is 2. The van der Waals surface area contributed by atoms with Gasteiger partial charge in [0.1, 0.15) is 5.82 Å². The first-order valence-corrected chi connectivity index (χ1v) is 9.97. The Labute approximate surface area is 174 Å². The molecule has 8 heteroatoms. The number of carbonyl (C=O) groups is 2. The van der Waals surface area contributed by atoms with E-state index in [2.05, 4.69) is 20.4 Å². The second kappa shape index (κ2) is 10.2. The number of anilines is 2. The van der Waals surface area contributed by atoms with Gasteiger partial charge >= 0.3 is 11.8 Å². The average molecular weight is 419 g/mol. The minimum Gasteiger partial charge on any atom is -0.367 e. The van der Waals surface area contributed by atoms with Crippen molar-refractivity contribution in [3.63, 3.8) is 0 Å². The van der Waals surface area contributed by atoms with E-state index in [1.54, 1.807) is 36.4 Å². The Morgan fingerprint density at radius 2 is 1.66 bits per heavy atom. The maximum absolute atomic E-state index is 13.9. The standard InChI is InChI=1S/C21H24ClFN4O2/c22-16-6-8-17(9-7-16)25-21(29)20(28)24-10-3-11-26-12-14-27(15-13-26)19-5-2-1-4-18(19)23/h1-2,4-9H,3,10-15H2,(H,24,28)(H,25,29). The van der Waals surface area contributed by atoms with Crippen molar-refractivity contribution in [1.82, 2.24) is 10.2 Å². The Hall–Kier alpha value is -2.64. The fourth-order valence-electron chi connectivity index (χ4n) is 3.23. The summed E-state index contributed by atoms with van der Waals surface area (Å²) in [6.45, 7) is 4.41. The van der Waals surface area contributed by atoms with Crippen LogP contribution in [0.1, 0.15) is 6.42 Å². The normalized spacial score (nSPS) is 14.5. The van der Waals surface area contributed by atoms with Gasteiger partial charge in [0.2, 0.25) is 0 Å². The topological polar surface area (TPSA) is 64.7 Å². The lowest BCUT2D eigenvalue weighted by molar-refractivity contribution is -0.136. The summed E-state index contributed by atoms with van der Waals surface area (Å²) in [7, 11) is 0. The highest BCUT2D eigenvalue weighted by molar-refractivity contribution is 6.39. The van der Waals surface area contributed by atoms with Gasteiger partial charge in [-0.25, -0.2) is 4.39 Å². The highest BCUT2D eigenvalue weighted by atomic mass is 35.5. The van der Waals surface area contributed by atoms with E-state index >= 15 is 0 Å². The van der Waals surface area contributed by atoms with Gasteiger partial charge in [0.15, 0.2) is 0 Å². The van der Waals surface area contributed by atoms with Crippen LogP contribution in [0.2, 0.25) is 5.02 Å². The van der Waals surface area contributed by atoms with Crippen LogP contribution >= 0.6 is 11.6 Å². The highest BCUT2D eigenvalue weighted by Gasteiger charge is 2.19. The molecule has 29 heavy (non-hydrogen) atoms. The van der Waals surface area contributed by atoms with Crippen molar-refractivity contribution in [3.8, 4) is 0 Å². The van der Waals surface area contributed by atoms with Gasteiger partial charge in [-0.05, 0) is 49.4 Å². The molecule has 0 unspecified atom stereocenters. The molecule has 1 saturated heterocycles. The van der Waals surface area contributed by atoms with Crippen molar-refractivity contribution in [2.45, 2.75) is 6.42 Å². The Kier molecular flexibility index (Phi) is 7.43. The molecule has 0 radical (unpaired) electrons. The van der Waals surface area contributed by atoms with Gasteiger partial charge in [0.25, 0.3) is 0 Å². The molecule has 0 aliphatic carbocycles. The van der Waals surface area contributed by atoms with Crippen LogP contribution in [0.25, 0.3) is 0 Å². The summed E-state index contributed by atoms with van der Waals surface area (Å²) < 4.78 is 13.9. The van der Waals surface area contributed by atoms with Crippen LogP contribution in [0, 0.1) is 5.82 Å². The van der Waals surface area contributed by atoms with Crippen molar-refractivity contribution in [3.05, 3.63) is 59.4 Å². The fourth-order valence-corrected chi connectivity index (χ4v) is 3.35. The second-order valence-electron chi connectivity index (χ2n) is 6.85. The van der Waals surface area contributed by atoms with Gasteiger partial charge in [0.05, 0.1) is 5.69 Å². The third-order valence-electron chi connectivity index (χ3n) is 4.81. The number of hydrogen-bond acceptors (Lipinski definition) is 4. The van der Waals surface area contributed by atoms with Crippen LogP contribution in [0.3, 0.4) is 0 Å². The van der Waals surface area contributed by atoms with E-state index in [0.29, 0.717) is 22.9 Å². The number of para-hydroxylation sites is 1. The summed E-state index contributed by atoms with van der Waals surface area (Å²) in [5.74, 6) is -1.56. The number of hydrogen-bond donors (Lipinski definition) is 2. The van der Waals surface area contributed by atoms with Crippen molar-refractivity contribution in [2.24, 2.45) is 0 Å². The molecule has 0 aromatic heterocycles. The predicted molar refractivity (Wildman–Crippen MR) is 113 cm³/mol. The number of carbonyl (C=O) groups excluding carboxylic acids is 2. The third kappa shape index (κ3) is 6.17. The van der Waals surface area contributed by atoms with Gasteiger partial charge in [-0.1, -0.05) is 23.7 Å². The molecule has 154 valence electrons. The molecule has 0 atom stereocenters. The van der Waals surface area contributed by atoms with Gasteiger partial charge in [-0.2, -0.15) is 0 Å². The van der Waals surface area contributed by atoms with Crippen molar-refractivity contribution < 1.29 is 14.0 Å². The molecule has 2 aromatic carbocycles. The number of benzene rings is 2. The minimum absolute atomic E-state index is 0.194. The van der Waals surface area contributed by atoms with Crippen LogP contribution in [0.5, 0.6) is 0 Å². The maximum Gasteiger partial charge on any atom is 0.313 e. The summed E-state index contributed by atoms with van der Waals surface area (Å²) in [5.41, 5.74) is 1.16. The Balaban J connectivity index is 1.32. The quantitative estimate of drug-likeness (QED) is 0.559. The summed E-state index contributed by atoms with van der Waals surface area (Å²) in [4.78, 5) is 28.1. The van der Waals surface area contributed by atoms with Crippen LogP contribution in [0.4, 0.5) is 15.8 Å². The Morgan fingerprint density at radius 1 is 0.966 bits per heavy atom. The number of halogens is 2. The molecule has 1 fully saturated rings. The van der Waals surface area contributed by atoms with Crippen molar-refractivity contribution >= 4 is 34.8 Å². The molecule has 0 saturated carbocycles. The van der Waals surface area contributed by atoms with Gasteiger partial charge < -0.3 is 15.5 Å². The molecule has 1 heterocycles. The van der Waals surface area contributed by atoms with E-state index in [-0.39, 0.29) is 5.82 Å². The summed E-state index contributed by atoms with van der Waals surface area (Å²) in [5, 5.41) is 5.72. The molecule has 2 amide bonds. The van der Waals surface area contributed by atoms with E-state index in [1.807, 2.05) is 6.07 Å². The van der Waals surface area contributed by atoms with Crippen molar-refractivity contribution in [1.29, 1.82) is 0 Å². The van der Waals surface area contributed by atoms with E-state index in [4.69, 9.17) is 11.6 Å². The van der Waals surface area contributed by atoms with Crippen LogP contribution in [-0.4, -0.2) is 56.0 Å². The van der Waals surface area contributed by atoms with E-state index in [9.17, 15) is 14.0 Å². The maximum atomic E-state index is 13.9. The second-order valence-corrected chi connectivity index (χ2v) is 7.29. The molecule has 2 aromatic rings. The zero-order chi connectivity index (χ0) is 20.6. The Morgan fingerprint density at radius 3 is 2.34 bits per heavy atom. The monoisotopic (exact) mass is 418 g/mol. The summed E-state index contributed by atoms with van der Waals surface area (Å²) in [6, 6.07) is 13.4. The van der Waals surface area contributed by atoms with Crippen LogP contribution in [-0.2, 0) is 9.59 Å². The molecule has 1 aliphatic heterocycles. The molecule has 1 aliphatic rings. The Bertz CT molecular complexity index is 839.